The minimum atomic E-state index is -1.25. The summed E-state index contributed by atoms with van der Waals surface area (Å²) in [6.45, 7) is 23.3. The molecule has 2 fully saturated rings. The number of methoxy groups -OCH3 is 1. The van der Waals surface area contributed by atoms with Crippen LogP contribution in [0.3, 0.4) is 0 Å². The number of carbonyl (C=O) groups is 4. The summed E-state index contributed by atoms with van der Waals surface area (Å²) >= 11 is 0. The number of ether oxygens (including phenoxy) is 2. The number of nitrogens with zero attached hydrogens (tertiary/aromatic N) is 4. The molecule has 1 aliphatic carbocycles. The molecule has 2 saturated heterocycles. The van der Waals surface area contributed by atoms with Crippen LogP contribution in [-0.4, -0.2) is 60.3 Å². The van der Waals surface area contributed by atoms with E-state index in [0.717, 1.165) is 48.1 Å². The molecule has 0 aromatic carbocycles. The van der Waals surface area contributed by atoms with Crippen LogP contribution in [0.15, 0.2) is 34.4 Å². The number of Topliss-reactive ketones (excluding diaryl/α,β-unsaturated/α-hetero) is 2. The Balaban J connectivity index is 0.00000817. The van der Waals surface area contributed by atoms with Gasteiger partial charge >= 0.3 is 35.0 Å². The van der Waals surface area contributed by atoms with Crippen LogP contribution in [0, 0.1) is 61.2 Å². The maximum atomic E-state index is 14.4. The Bertz CT molecular complexity index is 2280. The maximum Gasteiger partial charge on any atom is 2.00 e. The van der Waals surface area contributed by atoms with E-state index in [1.54, 1.807) is 6.92 Å². The van der Waals surface area contributed by atoms with Gasteiger partial charge in [-0.1, -0.05) is 140 Å². The average Bonchev–Trinajstić information content (AvgIpc) is 4.00. The van der Waals surface area contributed by atoms with Crippen molar-refractivity contribution in [2.45, 2.75) is 153 Å². The number of fused-ring (bicyclic) bond motifs is 7. The van der Waals surface area contributed by atoms with E-state index >= 15 is 0 Å². The predicted molar refractivity (Wildman–Crippen MR) is 266 cm³/mol. The zero-order valence-corrected chi connectivity index (χ0v) is 43.5. The minimum Gasteiger partial charge on any atom is -0.664 e. The molecule has 10 nitrogen and oxygen atoms in total. The topological polar surface area (TPSA) is 143 Å². The predicted octanol–water partition coefficient (Wildman–Crippen LogP) is 12.9. The van der Waals surface area contributed by atoms with Crippen LogP contribution in [0.2, 0.25) is 0 Å². The number of ketones is 2. The summed E-state index contributed by atoms with van der Waals surface area (Å²) in [6.07, 6.45) is 20.3. The van der Waals surface area contributed by atoms with Gasteiger partial charge in [-0.2, -0.15) is 22.8 Å². The largest absolute Gasteiger partial charge is 2.00 e. The molecule has 354 valence electrons. The fraction of sp³-hybridized carbons (Fsp3) is 0.600. The molecule has 2 aromatic rings. The molecule has 11 heteroatoms. The molecule has 0 radical (unpaired) electrons. The Hall–Kier alpha value is -4.09. The standard InChI is InChI=1S/C55H76N4O6.Mg/c1-13-39-34(7)41-29-46-48(38(11)60)36(9)43(57-46)27-42-35(8)40(52(58-42)50-51(55(63)64-12)54(62)49-37(10)44(59-53(49)50)28-45(39)56-41)23-24-47(61)65-26-25-33(6)22-16-21-32(5)20-15-19-31(4)18-14-17-30(2)3;/h25,27-32,34-35,39-40,51H,13-24,26H2,1-12H3,(H2-2,56,57,58,59,60,62);/q-2;+2/p-2/b33-25+,42-27-,45-28-;/t31-,32+,34+,35-,39+,40-,51+;/m0./s1. The third-order valence-electron chi connectivity index (χ3n) is 14.8. The minimum absolute atomic E-state index is 0. The Morgan fingerprint density at radius 2 is 1.35 bits per heavy atom. The number of hydrogen-bond donors (Lipinski definition) is 0. The first-order valence-electron chi connectivity index (χ1n) is 24.6. The third kappa shape index (κ3) is 11.8. The number of hydrogen-bond acceptors (Lipinski definition) is 6. The first kappa shape index (κ1) is 52.9. The quantitative estimate of drug-likeness (QED) is 0.0420. The van der Waals surface area contributed by atoms with Crippen molar-refractivity contribution < 1.29 is 28.7 Å². The summed E-state index contributed by atoms with van der Waals surface area (Å²) in [5.41, 5.74) is 9.10. The zero-order chi connectivity index (χ0) is 47.3. The number of esters is 2. The molecule has 8 bridgehead atoms. The van der Waals surface area contributed by atoms with Gasteiger partial charge in [-0.25, -0.2) is 0 Å². The van der Waals surface area contributed by atoms with Crippen molar-refractivity contribution in [3.63, 3.8) is 0 Å². The number of carbonyl (C=O) groups excluding carboxylic acids is 4. The molecule has 0 N–H and O–H groups in total. The van der Waals surface area contributed by atoms with Crippen molar-refractivity contribution >= 4 is 70.4 Å². The van der Waals surface area contributed by atoms with Crippen molar-refractivity contribution in [2.75, 3.05) is 13.7 Å². The van der Waals surface area contributed by atoms with E-state index in [-0.39, 0.29) is 77.3 Å². The smallest absolute Gasteiger partial charge is 0.664 e. The second-order valence-corrected chi connectivity index (χ2v) is 20.2. The van der Waals surface area contributed by atoms with Crippen molar-refractivity contribution in [1.82, 2.24) is 9.97 Å². The molecule has 0 spiro atoms. The van der Waals surface area contributed by atoms with E-state index in [2.05, 4.69) is 48.5 Å². The molecule has 2 aromatic heterocycles. The second-order valence-electron chi connectivity index (χ2n) is 20.2. The van der Waals surface area contributed by atoms with Crippen molar-refractivity contribution in [3.05, 3.63) is 90.1 Å². The van der Waals surface area contributed by atoms with Gasteiger partial charge in [0.1, 0.15) is 12.5 Å². The monoisotopic (exact) mass is 911 g/mol. The average molecular weight is 912 g/mol. The first-order chi connectivity index (χ1) is 30.9. The molecule has 4 aliphatic rings. The Labute approximate surface area is 411 Å². The van der Waals surface area contributed by atoms with Crippen LogP contribution in [0.25, 0.3) is 34.4 Å². The van der Waals surface area contributed by atoms with Gasteiger partial charge in [0.05, 0.1) is 7.11 Å². The summed E-state index contributed by atoms with van der Waals surface area (Å²) in [5.74, 6) is -0.869. The molecule has 7 atom stereocenters. The van der Waals surface area contributed by atoms with E-state index in [9.17, 15) is 19.2 Å². The van der Waals surface area contributed by atoms with Crippen molar-refractivity contribution in [2.24, 2.45) is 47.3 Å². The van der Waals surface area contributed by atoms with Gasteiger partial charge in [0.25, 0.3) is 0 Å². The van der Waals surface area contributed by atoms with Gasteiger partial charge in [-0.15, -0.1) is 22.8 Å². The van der Waals surface area contributed by atoms with Crippen molar-refractivity contribution in [1.29, 1.82) is 0 Å². The number of rotatable bonds is 20. The Kier molecular flexibility index (Phi) is 18.6. The van der Waals surface area contributed by atoms with Gasteiger partial charge in [0, 0.05) is 17.5 Å². The fourth-order valence-electron chi connectivity index (χ4n) is 10.6. The summed E-state index contributed by atoms with van der Waals surface area (Å²) in [4.78, 5) is 64.7. The molecule has 3 aliphatic heterocycles. The summed E-state index contributed by atoms with van der Waals surface area (Å²) in [7, 11) is 1.28. The number of allylic oxidation sites excluding steroid dienone is 5. The summed E-state index contributed by atoms with van der Waals surface area (Å²) in [5, 5.41) is 10.3. The zero-order valence-electron chi connectivity index (χ0n) is 42.1. The summed E-state index contributed by atoms with van der Waals surface area (Å²) in [6, 6.07) is 0. The maximum absolute atomic E-state index is 14.4. The van der Waals surface area contributed by atoms with Crippen LogP contribution < -0.4 is 9.97 Å². The van der Waals surface area contributed by atoms with Gasteiger partial charge in [-0.05, 0) is 94.5 Å². The van der Waals surface area contributed by atoms with E-state index < -0.39 is 11.9 Å². The van der Waals surface area contributed by atoms with E-state index in [1.165, 1.54) is 57.6 Å². The summed E-state index contributed by atoms with van der Waals surface area (Å²) < 4.78 is 11.0. The Morgan fingerprint density at radius 1 is 0.758 bits per heavy atom. The Morgan fingerprint density at radius 3 is 1.98 bits per heavy atom. The molecule has 5 heterocycles. The molecule has 0 amide bonds. The van der Waals surface area contributed by atoms with E-state index in [0.29, 0.717) is 68.8 Å². The normalized spacial score (nSPS) is 25.5. The molecule has 0 unspecified atom stereocenters. The van der Waals surface area contributed by atoms with Crippen LogP contribution in [0.1, 0.15) is 194 Å². The molecule has 6 rings (SSSR count). The molecular weight excluding hydrogens is 837 g/mol. The second kappa shape index (κ2) is 23.3. The van der Waals surface area contributed by atoms with Gasteiger partial charge in [0.2, 0.25) is 0 Å². The molecular formula is C55H74MgN4O6-2. The first-order valence-corrected chi connectivity index (χ1v) is 24.6. The van der Waals surface area contributed by atoms with Gasteiger partial charge in [-0.3, -0.25) is 19.2 Å². The van der Waals surface area contributed by atoms with Crippen LogP contribution in [0.4, 0.5) is 0 Å². The third-order valence-corrected chi connectivity index (χ3v) is 14.8. The van der Waals surface area contributed by atoms with Crippen LogP contribution in [0.5, 0.6) is 0 Å². The van der Waals surface area contributed by atoms with E-state index in [1.807, 2.05) is 45.1 Å². The molecule has 0 saturated carbocycles. The number of aromatic nitrogens is 2. The fourth-order valence-corrected chi connectivity index (χ4v) is 10.6. The van der Waals surface area contributed by atoms with Gasteiger partial charge < -0.3 is 30.1 Å². The van der Waals surface area contributed by atoms with Gasteiger partial charge in [0.15, 0.2) is 11.6 Å². The SMILES string of the molecule is CC[C@H]1/C2=C/c3[n-]c4c(c3C)C(=O)[C@H](C(=O)OC)/C4=C3/[N-]/C(=C\c4[n-]c(c(C(C)=O)c4C)/C=C(\[N-]2)[C@@H]1C)[C@@H](C)[C@@H]3CCC(=O)OC/C=C(\C)CCC[C@H](C)CCC[C@@H](C)CCCC(C)C.[Mg+2]. The molecule has 66 heavy (non-hydrogen) atoms. The van der Waals surface area contributed by atoms with E-state index in [4.69, 9.17) is 30.1 Å². The van der Waals surface area contributed by atoms with Crippen LogP contribution >= 0.6 is 0 Å². The van der Waals surface area contributed by atoms with Crippen molar-refractivity contribution in [3.8, 4) is 0 Å². The van der Waals surface area contributed by atoms with Crippen LogP contribution in [-0.2, 0) is 19.1 Å².